The van der Waals surface area contributed by atoms with E-state index in [4.69, 9.17) is 0 Å². The Morgan fingerprint density at radius 3 is 2.69 bits per heavy atom. The molecular formula is C17H15BrN2O5S. The highest BCUT2D eigenvalue weighted by Crippen LogP contribution is 2.40. The zero-order chi connectivity index (χ0) is 19.1. The number of hydrogen-bond donors (Lipinski definition) is 3. The Labute approximate surface area is 158 Å². The van der Waals surface area contributed by atoms with Gasteiger partial charge < -0.3 is 10.4 Å². The zero-order valence-electron chi connectivity index (χ0n) is 13.6. The molecule has 1 aliphatic heterocycles. The van der Waals surface area contributed by atoms with Crippen LogP contribution in [0.3, 0.4) is 0 Å². The van der Waals surface area contributed by atoms with Crippen LogP contribution < -0.4 is 10.0 Å². The van der Waals surface area contributed by atoms with Crippen LogP contribution in [0.5, 0.6) is 0 Å². The fourth-order valence-electron chi connectivity index (χ4n) is 2.81. The highest BCUT2D eigenvalue weighted by Gasteiger charge is 2.46. The second-order valence-corrected chi connectivity index (χ2v) is 8.72. The maximum atomic E-state index is 12.6. The molecule has 0 spiro atoms. The van der Waals surface area contributed by atoms with Gasteiger partial charge in [0.05, 0.1) is 12.7 Å². The normalized spacial score (nSPS) is 19.0. The quantitative estimate of drug-likeness (QED) is 0.619. The topological polar surface area (TPSA) is 113 Å². The molecule has 1 amide bonds. The molecule has 3 rings (SSSR count). The summed E-state index contributed by atoms with van der Waals surface area (Å²) in [5.41, 5.74) is -0.805. The van der Waals surface area contributed by atoms with Gasteiger partial charge in [-0.3, -0.25) is 14.3 Å². The Hall–Kier alpha value is -2.23. The summed E-state index contributed by atoms with van der Waals surface area (Å²) in [6.07, 6.45) is 0.540. The molecule has 0 unspecified atom stereocenters. The van der Waals surface area contributed by atoms with Crippen LogP contribution in [-0.4, -0.2) is 31.5 Å². The number of halogens is 1. The van der Waals surface area contributed by atoms with Gasteiger partial charge in [-0.2, -0.15) is 0 Å². The van der Waals surface area contributed by atoms with Crippen LogP contribution in [0, 0.1) is 0 Å². The minimum absolute atomic E-state index is 0.186. The van der Waals surface area contributed by atoms with Crippen LogP contribution in [0.25, 0.3) is 0 Å². The molecule has 0 fully saturated rings. The fourth-order valence-corrected chi connectivity index (χ4v) is 3.72. The predicted molar refractivity (Wildman–Crippen MR) is 101 cm³/mol. The van der Waals surface area contributed by atoms with E-state index in [1.165, 1.54) is 24.3 Å². The van der Waals surface area contributed by atoms with E-state index in [1.807, 2.05) is 0 Å². The number of ketones is 1. The maximum absolute atomic E-state index is 12.6. The second-order valence-electron chi connectivity index (χ2n) is 6.06. The van der Waals surface area contributed by atoms with Crippen LogP contribution in [0.1, 0.15) is 22.3 Å². The first kappa shape index (κ1) is 18.6. The third-order valence-corrected chi connectivity index (χ3v) is 5.05. The van der Waals surface area contributed by atoms with Crippen molar-refractivity contribution in [3.8, 4) is 0 Å². The fraction of sp³-hybridized carbons (Fsp3) is 0.176. The number of rotatable bonds is 5. The Kier molecular flexibility index (Phi) is 4.63. The van der Waals surface area contributed by atoms with E-state index < -0.39 is 33.7 Å². The molecule has 3 N–H and O–H groups in total. The van der Waals surface area contributed by atoms with Gasteiger partial charge in [0, 0.05) is 27.0 Å². The molecule has 1 aliphatic rings. The number of amides is 1. The molecule has 26 heavy (non-hydrogen) atoms. The van der Waals surface area contributed by atoms with Gasteiger partial charge in [0.2, 0.25) is 10.0 Å². The van der Waals surface area contributed by atoms with Crippen molar-refractivity contribution in [3.05, 3.63) is 58.1 Å². The van der Waals surface area contributed by atoms with Crippen LogP contribution in [0.2, 0.25) is 0 Å². The second kappa shape index (κ2) is 6.49. The SMILES string of the molecule is CS(=O)(=O)Nc1cccc(C(=O)C[C@]2(O)C(=O)Nc3cc(Br)ccc32)c1. The van der Waals surface area contributed by atoms with Gasteiger partial charge in [0.1, 0.15) is 0 Å². The van der Waals surface area contributed by atoms with Gasteiger partial charge in [-0.05, 0) is 24.3 Å². The number of carbonyl (C=O) groups is 2. The van der Waals surface area contributed by atoms with Crippen molar-refractivity contribution in [3.63, 3.8) is 0 Å². The van der Waals surface area contributed by atoms with Crippen molar-refractivity contribution < 1.29 is 23.1 Å². The Balaban J connectivity index is 1.89. The zero-order valence-corrected chi connectivity index (χ0v) is 16.0. The van der Waals surface area contributed by atoms with Crippen molar-refractivity contribution in [1.82, 2.24) is 0 Å². The lowest BCUT2D eigenvalue weighted by molar-refractivity contribution is -0.133. The molecule has 136 valence electrons. The Morgan fingerprint density at radius 2 is 2.00 bits per heavy atom. The minimum Gasteiger partial charge on any atom is -0.375 e. The highest BCUT2D eigenvalue weighted by atomic mass is 79.9. The molecule has 9 heteroatoms. The van der Waals surface area contributed by atoms with Gasteiger partial charge >= 0.3 is 0 Å². The summed E-state index contributed by atoms with van der Waals surface area (Å²) < 4.78 is 25.7. The molecule has 1 atom stereocenters. The molecule has 0 aliphatic carbocycles. The number of carbonyl (C=O) groups excluding carboxylic acids is 2. The van der Waals surface area contributed by atoms with E-state index in [1.54, 1.807) is 18.2 Å². The average molecular weight is 439 g/mol. The number of hydrogen-bond acceptors (Lipinski definition) is 5. The largest absolute Gasteiger partial charge is 0.375 e. The third-order valence-electron chi connectivity index (χ3n) is 3.96. The minimum atomic E-state index is -3.49. The van der Waals surface area contributed by atoms with Crippen molar-refractivity contribution in [1.29, 1.82) is 0 Å². The predicted octanol–water partition coefficient (Wildman–Crippen LogP) is 2.23. The number of fused-ring (bicyclic) bond motifs is 1. The first-order chi connectivity index (χ1) is 12.1. The molecule has 0 aromatic heterocycles. The first-order valence-electron chi connectivity index (χ1n) is 7.53. The molecule has 0 saturated carbocycles. The molecule has 0 bridgehead atoms. The van der Waals surface area contributed by atoms with Gasteiger partial charge in [0.15, 0.2) is 11.4 Å². The van der Waals surface area contributed by atoms with Crippen molar-refractivity contribution >= 4 is 49.0 Å². The number of benzene rings is 2. The summed E-state index contributed by atoms with van der Waals surface area (Å²) in [5, 5.41) is 13.4. The Bertz CT molecular complexity index is 1020. The third kappa shape index (κ3) is 3.64. The average Bonchev–Trinajstić information content (AvgIpc) is 2.76. The molecular weight excluding hydrogens is 424 g/mol. The number of sulfonamides is 1. The van der Waals surface area contributed by atoms with Crippen LogP contribution >= 0.6 is 15.9 Å². The molecule has 2 aromatic carbocycles. The smallest absolute Gasteiger partial charge is 0.261 e. The van der Waals surface area contributed by atoms with Crippen molar-refractivity contribution in [2.45, 2.75) is 12.0 Å². The van der Waals surface area contributed by atoms with Crippen LogP contribution in [-0.2, 0) is 20.4 Å². The summed E-state index contributed by atoms with van der Waals surface area (Å²) in [5.74, 6) is -1.17. The van der Waals surface area contributed by atoms with E-state index in [2.05, 4.69) is 26.0 Å². The summed E-state index contributed by atoms with van der Waals surface area (Å²) in [6, 6.07) is 10.8. The standard InChI is InChI=1S/C17H15BrN2O5S/c1-26(24,25)20-12-4-2-3-10(7-12)15(21)9-17(23)13-6-5-11(18)8-14(13)19-16(17)22/h2-8,20,23H,9H2,1H3,(H,19,22)/t17-/m1/s1. The number of nitrogens with one attached hydrogen (secondary N) is 2. The van der Waals surface area contributed by atoms with Crippen molar-refractivity contribution in [2.75, 3.05) is 16.3 Å². The maximum Gasteiger partial charge on any atom is 0.261 e. The van der Waals surface area contributed by atoms with Gasteiger partial charge in [0.25, 0.3) is 5.91 Å². The summed E-state index contributed by atoms with van der Waals surface area (Å²) in [7, 11) is -3.49. The van der Waals surface area contributed by atoms with Crippen LogP contribution in [0.15, 0.2) is 46.9 Å². The molecule has 1 heterocycles. The van der Waals surface area contributed by atoms with E-state index >= 15 is 0 Å². The summed E-state index contributed by atoms with van der Waals surface area (Å²) >= 11 is 3.29. The lowest BCUT2D eigenvalue weighted by Crippen LogP contribution is -2.36. The number of Topliss-reactive ketones (excluding diaryl/α,β-unsaturated/α-hetero) is 1. The van der Waals surface area contributed by atoms with E-state index in [9.17, 15) is 23.1 Å². The first-order valence-corrected chi connectivity index (χ1v) is 10.2. The van der Waals surface area contributed by atoms with Gasteiger partial charge in [-0.1, -0.05) is 34.1 Å². The van der Waals surface area contributed by atoms with Crippen molar-refractivity contribution in [2.24, 2.45) is 0 Å². The molecule has 2 aromatic rings. The summed E-state index contributed by atoms with van der Waals surface area (Å²) in [4.78, 5) is 24.9. The number of aliphatic hydroxyl groups is 1. The molecule has 0 radical (unpaired) electrons. The molecule has 7 nitrogen and oxygen atoms in total. The van der Waals surface area contributed by atoms with E-state index in [0.29, 0.717) is 11.3 Å². The van der Waals surface area contributed by atoms with E-state index in [0.717, 1.165) is 10.7 Å². The van der Waals surface area contributed by atoms with Gasteiger partial charge in [-0.15, -0.1) is 0 Å². The van der Waals surface area contributed by atoms with Gasteiger partial charge in [-0.25, -0.2) is 8.42 Å². The monoisotopic (exact) mass is 438 g/mol. The highest BCUT2D eigenvalue weighted by molar-refractivity contribution is 9.10. The van der Waals surface area contributed by atoms with Crippen LogP contribution in [0.4, 0.5) is 11.4 Å². The Morgan fingerprint density at radius 1 is 1.27 bits per heavy atom. The number of anilines is 2. The lowest BCUT2D eigenvalue weighted by atomic mass is 9.88. The lowest BCUT2D eigenvalue weighted by Gasteiger charge is -2.20. The summed E-state index contributed by atoms with van der Waals surface area (Å²) in [6.45, 7) is 0. The van der Waals surface area contributed by atoms with E-state index in [-0.39, 0.29) is 11.3 Å². The molecule has 0 saturated heterocycles.